The van der Waals surface area contributed by atoms with E-state index in [9.17, 15) is 0 Å². The van der Waals surface area contributed by atoms with Crippen molar-refractivity contribution in [2.45, 2.75) is 31.8 Å². The molecule has 0 aromatic heterocycles. The number of rotatable bonds is 5. The summed E-state index contributed by atoms with van der Waals surface area (Å²) in [5, 5.41) is 0. The molecule has 0 amide bonds. The van der Waals surface area contributed by atoms with Crippen molar-refractivity contribution in [2.75, 3.05) is 12.5 Å². The van der Waals surface area contributed by atoms with E-state index in [0.29, 0.717) is 5.88 Å². The fourth-order valence-corrected chi connectivity index (χ4v) is 2.34. The molecule has 1 aliphatic carbocycles. The summed E-state index contributed by atoms with van der Waals surface area (Å²) in [6, 6.07) is 10.5. The molecule has 0 saturated heterocycles. The zero-order valence-corrected chi connectivity index (χ0v) is 10.8. The lowest BCUT2D eigenvalue weighted by molar-refractivity contribution is 0.0831. The van der Waals surface area contributed by atoms with Crippen molar-refractivity contribution in [1.29, 1.82) is 0 Å². The third-order valence-corrected chi connectivity index (χ3v) is 3.35. The Morgan fingerprint density at radius 2 is 2.06 bits per heavy atom. The fourth-order valence-electron chi connectivity index (χ4n) is 2.24. The van der Waals surface area contributed by atoms with Crippen LogP contribution < -0.4 is 0 Å². The van der Waals surface area contributed by atoms with Gasteiger partial charge >= 0.3 is 0 Å². The number of hydrogen-bond donors (Lipinski definition) is 0. The smallest absolute Gasteiger partial charge is 0.0827 e. The topological polar surface area (TPSA) is 9.23 Å². The molecule has 0 heterocycles. The van der Waals surface area contributed by atoms with Crippen LogP contribution in [-0.2, 0) is 4.74 Å². The molecule has 0 N–H and O–H groups in total. The molecular formula is C15H19ClO. The first-order valence-electron chi connectivity index (χ1n) is 6.35. The van der Waals surface area contributed by atoms with Gasteiger partial charge in [0.05, 0.1) is 6.10 Å². The normalized spacial score (nSPS) is 20.1. The second-order valence-corrected chi connectivity index (χ2v) is 4.74. The van der Waals surface area contributed by atoms with Crippen LogP contribution in [0.3, 0.4) is 0 Å². The molecule has 1 aromatic carbocycles. The van der Waals surface area contributed by atoms with Crippen molar-refractivity contribution < 1.29 is 4.74 Å². The number of ether oxygens (including phenoxy) is 1. The molecule has 92 valence electrons. The van der Waals surface area contributed by atoms with Crippen LogP contribution in [0.4, 0.5) is 0 Å². The highest BCUT2D eigenvalue weighted by Gasteiger charge is 2.19. The van der Waals surface area contributed by atoms with Crippen LogP contribution in [0.25, 0.3) is 5.57 Å². The third kappa shape index (κ3) is 3.58. The Kier molecular flexibility index (Phi) is 5.08. The van der Waals surface area contributed by atoms with Crippen LogP contribution in [0.1, 0.15) is 31.2 Å². The first-order chi connectivity index (χ1) is 8.42. The minimum Gasteiger partial charge on any atom is -0.373 e. The van der Waals surface area contributed by atoms with E-state index in [0.717, 1.165) is 19.4 Å². The summed E-state index contributed by atoms with van der Waals surface area (Å²) in [7, 11) is 0. The first kappa shape index (κ1) is 12.7. The molecule has 1 nitrogen and oxygen atoms in total. The molecule has 0 fully saturated rings. The molecule has 1 unspecified atom stereocenters. The van der Waals surface area contributed by atoms with Gasteiger partial charge in [0.2, 0.25) is 0 Å². The van der Waals surface area contributed by atoms with Gasteiger partial charge in [-0.1, -0.05) is 36.4 Å². The summed E-state index contributed by atoms with van der Waals surface area (Å²) < 4.78 is 5.94. The molecular weight excluding hydrogens is 232 g/mol. The zero-order chi connectivity index (χ0) is 11.9. The Balaban J connectivity index is 2.04. The van der Waals surface area contributed by atoms with Crippen LogP contribution in [0.5, 0.6) is 0 Å². The van der Waals surface area contributed by atoms with Crippen molar-refractivity contribution >= 4 is 17.2 Å². The Labute approximate surface area is 108 Å². The largest absolute Gasteiger partial charge is 0.373 e. The highest BCUT2D eigenvalue weighted by molar-refractivity contribution is 6.17. The number of alkyl halides is 1. The maximum atomic E-state index is 5.94. The van der Waals surface area contributed by atoms with Crippen molar-refractivity contribution in [3.8, 4) is 0 Å². The Morgan fingerprint density at radius 3 is 2.82 bits per heavy atom. The first-order valence-corrected chi connectivity index (χ1v) is 6.88. The lowest BCUT2D eigenvalue weighted by Crippen LogP contribution is -2.18. The van der Waals surface area contributed by atoms with E-state index in [4.69, 9.17) is 16.3 Å². The van der Waals surface area contributed by atoms with Crippen molar-refractivity contribution in [3.63, 3.8) is 0 Å². The van der Waals surface area contributed by atoms with Gasteiger partial charge in [0.25, 0.3) is 0 Å². The average Bonchev–Trinajstić information content (AvgIpc) is 2.41. The molecule has 0 radical (unpaired) electrons. The minimum absolute atomic E-state index is 0.259. The highest BCUT2D eigenvalue weighted by atomic mass is 35.5. The van der Waals surface area contributed by atoms with Crippen LogP contribution in [0.2, 0.25) is 0 Å². The second kappa shape index (κ2) is 6.83. The summed E-state index contributed by atoms with van der Waals surface area (Å²) in [6.07, 6.45) is 7.03. The van der Waals surface area contributed by atoms with Gasteiger partial charge in [0, 0.05) is 12.5 Å². The summed E-state index contributed by atoms with van der Waals surface area (Å²) in [5.74, 6) is 0.678. The van der Waals surface area contributed by atoms with Crippen LogP contribution in [-0.4, -0.2) is 18.6 Å². The van der Waals surface area contributed by atoms with Gasteiger partial charge in [-0.25, -0.2) is 0 Å². The average molecular weight is 251 g/mol. The van der Waals surface area contributed by atoms with Gasteiger partial charge in [-0.2, -0.15) is 0 Å². The van der Waals surface area contributed by atoms with Crippen molar-refractivity contribution in [1.82, 2.24) is 0 Å². The van der Waals surface area contributed by atoms with Crippen LogP contribution in [0, 0.1) is 0 Å². The molecule has 1 atom stereocenters. The predicted octanol–water partition coefficient (Wildman–Crippen LogP) is 4.27. The number of halogens is 1. The Hall–Kier alpha value is -0.790. The molecule has 0 bridgehead atoms. The maximum absolute atomic E-state index is 5.94. The summed E-state index contributed by atoms with van der Waals surface area (Å²) in [4.78, 5) is 0. The van der Waals surface area contributed by atoms with E-state index in [1.807, 2.05) is 0 Å². The highest BCUT2D eigenvalue weighted by Crippen LogP contribution is 2.29. The molecule has 1 aromatic rings. The third-order valence-electron chi connectivity index (χ3n) is 3.09. The van der Waals surface area contributed by atoms with Crippen molar-refractivity contribution in [2.24, 2.45) is 0 Å². The SMILES string of the molecule is ClCCCOC1CCCC=C1c1ccccc1. The van der Waals surface area contributed by atoms with Gasteiger partial charge < -0.3 is 4.74 Å². The quantitative estimate of drug-likeness (QED) is 0.560. The van der Waals surface area contributed by atoms with E-state index < -0.39 is 0 Å². The summed E-state index contributed by atoms with van der Waals surface area (Å²) in [5.41, 5.74) is 2.65. The minimum atomic E-state index is 0.259. The number of benzene rings is 1. The number of allylic oxidation sites excluding steroid dienone is 1. The van der Waals surface area contributed by atoms with Gasteiger partial charge in [-0.3, -0.25) is 0 Å². The van der Waals surface area contributed by atoms with Gasteiger partial charge in [0.15, 0.2) is 0 Å². The monoisotopic (exact) mass is 250 g/mol. The van der Waals surface area contributed by atoms with Gasteiger partial charge in [-0.05, 0) is 36.8 Å². The molecule has 2 heteroatoms. The molecule has 0 aliphatic heterocycles. The zero-order valence-electron chi connectivity index (χ0n) is 10.1. The molecule has 1 aliphatic rings. The molecule has 17 heavy (non-hydrogen) atoms. The summed E-state index contributed by atoms with van der Waals surface area (Å²) in [6.45, 7) is 0.762. The van der Waals surface area contributed by atoms with E-state index in [2.05, 4.69) is 36.4 Å². The summed E-state index contributed by atoms with van der Waals surface area (Å²) >= 11 is 5.68. The Bertz CT molecular complexity index is 358. The van der Waals surface area contributed by atoms with Gasteiger partial charge in [-0.15, -0.1) is 11.6 Å². The fraction of sp³-hybridized carbons (Fsp3) is 0.467. The standard InChI is InChI=1S/C15H19ClO/c16-11-6-12-17-15-10-5-4-9-14(15)13-7-2-1-3-8-13/h1-3,7-9,15H,4-6,10-12H2. The molecule has 0 spiro atoms. The van der Waals surface area contributed by atoms with Crippen LogP contribution >= 0.6 is 11.6 Å². The number of hydrogen-bond acceptors (Lipinski definition) is 1. The van der Waals surface area contributed by atoms with Crippen LogP contribution in [0.15, 0.2) is 36.4 Å². The second-order valence-electron chi connectivity index (χ2n) is 4.36. The van der Waals surface area contributed by atoms with E-state index in [1.54, 1.807) is 0 Å². The van der Waals surface area contributed by atoms with E-state index in [-0.39, 0.29) is 6.10 Å². The maximum Gasteiger partial charge on any atom is 0.0827 e. The van der Waals surface area contributed by atoms with Gasteiger partial charge in [0.1, 0.15) is 0 Å². The lowest BCUT2D eigenvalue weighted by Gasteiger charge is -2.25. The predicted molar refractivity (Wildman–Crippen MR) is 73.3 cm³/mol. The van der Waals surface area contributed by atoms with Crippen molar-refractivity contribution in [3.05, 3.63) is 42.0 Å². The Morgan fingerprint density at radius 1 is 1.24 bits per heavy atom. The van der Waals surface area contributed by atoms with E-state index in [1.165, 1.54) is 24.0 Å². The lowest BCUT2D eigenvalue weighted by atomic mass is 9.91. The molecule has 2 rings (SSSR count). The van der Waals surface area contributed by atoms with E-state index >= 15 is 0 Å². The molecule has 0 saturated carbocycles.